The highest BCUT2D eigenvalue weighted by Gasteiger charge is 2.11. The van der Waals surface area contributed by atoms with Crippen molar-refractivity contribution in [1.82, 2.24) is 10.2 Å². The second kappa shape index (κ2) is 8.15. The maximum absolute atomic E-state index is 12.2. The van der Waals surface area contributed by atoms with E-state index in [0.29, 0.717) is 17.9 Å². The van der Waals surface area contributed by atoms with Gasteiger partial charge in [0.2, 0.25) is 0 Å². The molecular weight excluding hydrogens is 304 g/mol. The first kappa shape index (κ1) is 17.5. The SMILES string of the molecule is CNC(=O)c1ccc(CN(C)C(=O)COc2cccc(C)c2)cc1. The summed E-state index contributed by atoms with van der Waals surface area (Å²) < 4.78 is 5.53. The molecule has 0 bridgehead atoms. The molecule has 0 spiro atoms. The summed E-state index contributed by atoms with van der Waals surface area (Å²) in [5.41, 5.74) is 2.64. The van der Waals surface area contributed by atoms with Crippen LogP contribution >= 0.6 is 0 Å². The molecule has 0 aliphatic rings. The maximum Gasteiger partial charge on any atom is 0.260 e. The van der Waals surface area contributed by atoms with E-state index in [2.05, 4.69) is 5.32 Å². The summed E-state index contributed by atoms with van der Waals surface area (Å²) in [6.07, 6.45) is 0. The molecule has 5 nitrogen and oxygen atoms in total. The Bertz CT molecular complexity index is 711. The largest absolute Gasteiger partial charge is 0.484 e. The molecule has 0 saturated heterocycles. The van der Waals surface area contributed by atoms with Crippen LogP contribution in [-0.2, 0) is 11.3 Å². The van der Waals surface area contributed by atoms with Gasteiger partial charge in [0, 0.05) is 26.2 Å². The third kappa shape index (κ3) is 4.84. The van der Waals surface area contributed by atoms with Gasteiger partial charge in [0.15, 0.2) is 6.61 Å². The van der Waals surface area contributed by atoms with Crippen LogP contribution in [0.4, 0.5) is 0 Å². The predicted octanol–water partition coefficient (Wildman–Crippen LogP) is 2.39. The van der Waals surface area contributed by atoms with Crippen molar-refractivity contribution < 1.29 is 14.3 Å². The summed E-state index contributed by atoms with van der Waals surface area (Å²) in [7, 11) is 3.32. The molecule has 0 radical (unpaired) electrons. The second-order valence-corrected chi connectivity index (χ2v) is 5.63. The lowest BCUT2D eigenvalue weighted by Crippen LogP contribution is -2.31. The highest BCUT2D eigenvalue weighted by atomic mass is 16.5. The average Bonchev–Trinajstić information content (AvgIpc) is 2.59. The number of nitrogens with zero attached hydrogens (tertiary/aromatic N) is 1. The Morgan fingerprint density at radius 3 is 2.46 bits per heavy atom. The van der Waals surface area contributed by atoms with Gasteiger partial charge in [0.1, 0.15) is 5.75 Å². The van der Waals surface area contributed by atoms with Crippen molar-refractivity contribution in [1.29, 1.82) is 0 Å². The van der Waals surface area contributed by atoms with Crippen LogP contribution in [0.15, 0.2) is 48.5 Å². The average molecular weight is 326 g/mol. The highest BCUT2D eigenvalue weighted by Crippen LogP contribution is 2.13. The number of amides is 2. The van der Waals surface area contributed by atoms with Gasteiger partial charge in [-0.3, -0.25) is 9.59 Å². The summed E-state index contributed by atoms with van der Waals surface area (Å²) in [6, 6.07) is 14.8. The van der Waals surface area contributed by atoms with Crippen molar-refractivity contribution in [2.75, 3.05) is 20.7 Å². The molecule has 1 N–H and O–H groups in total. The molecule has 2 aromatic carbocycles. The lowest BCUT2D eigenvalue weighted by molar-refractivity contribution is -0.132. The molecular formula is C19H22N2O3. The number of ether oxygens (including phenoxy) is 1. The Hall–Kier alpha value is -2.82. The van der Waals surface area contributed by atoms with Crippen LogP contribution in [0.25, 0.3) is 0 Å². The minimum atomic E-state index is -0.127. The zero-order chi connectivity index (χ0) is 17.5. The normalized spacial score (nSPS) is 10.1. The number of nitrogens with one attached hydrogen (secondary N) is 1. The molecule has 2 amide bonds. The van der Waals surface area contributed by atoms with Gasteiger partial charge in [-0.15, -0.1) is 0 Å². The van der Waals surface area contributed by atoms with Gasteiger partial charge in [-0.05, 0) is 42.3 Å². The van der Waals surface area contributed by atoms with Gasteiger partial charge in [-0.1, -0.05) is 24.3 Å². The lowest BCUT2D eigenvalue weighted by Gasteiger charge is -2.18. The van der Waals surface area contributed by atoms with E-state index in [0.717, 1.165) is 11.1 Å². The van der Waals surface area contributed by atoms with Gasteiger partial charge in [-0.2, -0.15) is 0 Å². The van der Waals surface area contributed by atoms with Crippen LogP contribution in [0.3, 0.4) is 0 Å². The molecule has 5 heteroatoms. The number of aryl methyl sites for hydroxylation is 1. The van der Waals surface area contributed by atoms with Crippen molar-refractivity contribution in [2.24, 2.45) is 0 Å². The van der Waals surface area contributed by atoms with Gasteiger partial charge in [0.05, 0.1) is 0 Å². The fourth-order valence-electron chi connectivity index (χ4n) is 2.23. The number of hydrogen-bond donors (Lipinski definition) is 1. The topological polar surface area (TPSA) is 58.6 Å². The molecule has 24 heavy (non-hydrogen) atoms. The first-order chi connectivity index (χ1) is 11.5. The van der Waals surface area contributed by atoms with E-state index in [4.69, 9.17) is 4.74 Å². The quantitative estimate of drug-likeness (QED) is 0.887. The van der Waals surface area contributed by atoms with Crippen LogP contribution in [0.2, 0.25) is 0 Å². The first-order valence-electron chi connectivity index (χ1n) is 7.74. The van der Waals surface area contributed by atoms with Crippen molar-refractivity contribution in [3.05, 3.63) is 65.2 Å². The predicted molar refractivity (Wildman–Crippen MR) is 93.0 cm³/mol. The molecule has 0 saturated carbocycles. The molecule has 0 heterocycles. The summed E-state index contributed by atoms with van der Waals surface area (Å²) >= 11 is 0. The van der Waals surface area contributed by atoms with Crippen LogP contribution in [-0.4, -0.2) is 37.4 Å². The second-order valence-electron chi connectivity index (χ2n) is 5.63. The number of hydrogen-bond acceptors (Lipinski definition) is 3. The zero-order valence-corrected chi connectivity index (χ0v) is 14.2. The molecule has 0 unspecified atom stereocenters. The number of likely N-dealkylation sites (N-methyl/N-ethyl adjacent to an activating group) is 1. The lowest BCUT2D eigenvalue weighted by atomic mass is 10.1. The summed E-state index contributed by atoms with van der Waals surface area (Å²) in [5, 5.41) is 2.58. The number of carbonyl (C=O) groups excluding carboxylic acids is 2. The Morgan fingerprint density at radius 2 is 1.83 bits per heavy atom. The van der Waals surface area contributed by atoms with Crippen molar-refractivity contribution in [2.45, 2.75) is 13.5 Å². The summed E-state index contributed by atoms with van der Waals surface area (Å²) in [4.78, 5) is 25.3. The number of carbonyl (C=O) groups is 2. The van der Waals surface area contributed by atoms with E-state index in [-0.39, 0.29) is 18.4 Å². The van der Waals surface area contributed by atoms with Gasteiger partial charge < -0.3 is 15.0 Å². The van der Waals surface area contributed by atoms with E-state index in [9.17, 15) is 9.59 Å². The summed E-state index contributed by atoms with van der Waals surface area (Å²) in [6.45, 7) is 2.43. The van der Waals surface area contributed by atoms with Gasteiger partial charge >= 0.3 is 0 Å². The van der Waals surface area contributed by atoms with E-state index < -0.39 is 0 Å². The molecule has 2 aromatic rings. The fourth-order valence-corrected chi connectivity index (χ4v) is 2.23. The summed E-state index contributed by atoms with van der Waals surface area (Å²) in [5.74, 6) is 0.455. The molecule has 2 rings (SSSR count). The minimum Gasteiger partial charge on any atom is -0.484 e. The molecule has 0 aliphatic heterocycles. The zero-order valence-electron chi connectivity index (χ0n) is 14.2. The van der Waals surface area contributed by atoms with E-state index in [1.807, 2.05) is 43.3 Å². The molecule has 0 fully saturated rings. The van der Waals surface area contributed by atoms with Crippen LogP contribution in [0.5, 0.6) is 5.75 Å². The van der Waals surface area contributed by atoms with Crippen LogP contribution in [0, 0.1) is 6.92 Å². The molecule has 0 atom stereocenters. The minimum absolute atomic E-state index is 0.00369. The van der Waals surface area contributed by atoms with Crippen molar-refractivity contribution in [3.63, 3.8) is 0 Å². The number of rotatable bonds is 6. The highest BCUT2D eigenvalue weighted by molar-refractivity contribution is 5.93. The van der Waals surface area contributed by atoms with Crippen molar-refractivity contribution >= 4 is 11.8 Å². The van der Waals surface area contributed by atoms with Crippen LogP contribution in [0.1, 0.15) is 21.5 Å². The Labute approximate surface area is 142 Å². The molecule has 126 valence electrons. The Balaban J connectivity index is 1.88. The van der Waals surface area contributed by atoms with Crippen LogP contribution < -0.4 is 10.1 Å². The smallest absolute Gasteiger partial charge is 0.260 e. The Morgan fingerprint density at radius 1 is 1.12 bits per heavy atom. The molecule has 0 aliphatic carbocycles. The van der Waals surface area contributed by atoms with E-state index in [1.54, 1.807) is 31.1 Å². The van der Waals surface area contributed by atoms with Gasteiger partial charge in [0.25, 0.3) is 11.8 Å². The molecule has 0 aromatic heterocycles. The fraction of sp³-hybridized carbons (Fsp3) is 0.263. The third-order valence-electron chi connectivity index (χ3n) is 3.64. The standard InChI is InChI=1S/C19H22N2O3/c1-14-5-4-6-17(11-14)24-13-18(22)21(3)12-15-7-9-16(10-8-15)19(23)20-2/h4-11H,12-13H2,1-3H3,(H,20,23). The Kier molecular flexibility index (Phi) is 5.95. The van der Waals surface area contributed by atoms with E-state index in [1.165, 1.54) is 0 Å². The van der Waals surface area contributed by atoms with Gasteiger partial charge in [-0.25, -0.2) is 0 Å². The maximum atomic E-state index is 12.2. The first-order valence-corrected chi connectivity index (χ1v) is 7.74. The van der Waals surface area contributed by atoms with Crippen molar-refractivity contribution in [3.8, 4) is 5.75 Å². The van der Waals surface area contributed by atoms with E-state index >= 15 is 0 Å². The monoisotopic (exact) mass is 326 g/mol. The third-order valence-corrected chi connectivity index (χ3v) is 3.64. The number of benzene rings is 2.